The highest BCUT2D eigenvalue weighted by atomic mass is 16.6. The van der Waals surface area contributed by atoms with Gasteiger partial charge in [0.05, 0.1) is 0 Å². The maximum Gasteiger partial charge on any atom is 0.264 e. The minimum atomic E-state index is -0.598. The van der Waals surface area contributed by atoms with Crippen molar-refractivity contribution in [3.05, 3.63) is 59.7 Å². The third kappa shape index (κ3) is 3.53. The maximum atomic E-state index is 12.5. The number of benzene rings is 2. The molecule has 2 heterocycles. The summed E-state index contributed by atoms with van der Waals surface area (Å²) in [5, 5.41) is 3.02. The lowest BCUT2D eigenvalue weighted by Gasteiger charge is -2.34. The number of nitrogens with one attached hydrogen (secondary N) is 1. The highest BCUT2D eigenvalue weighted by Gasteiger charge is 2.28. The fraction of sp³-hybridized carbons (Fsp3) is 0.381. The summed E-state index contributed by atoms with van der Waals surface area (Å²) >= 11 is 0. The molecule has 4 rings (SSSR count). The Morgan fingerprint density at radius 3 is 2.73 bits per heavy atom. The number of amides is 1. The zero-order valence-electron chi connectivity index (χ0n) is 15.0. The second kappa shape index (κ2) is 7.38. The molecule has 1 N–H and O–H groups in total. The summed E-state index contributed by atoms with van der Waals surface area (Å²) in [7, 11) is 0. The molecular formula is C21H24N2O3. The Hall–Kier alpha value is -2.53. The Labute approximate surface area is 153 Å². The van der Waals surface area contributed by atoms with E-state index in [-0.39, 0.29) is 18.6 Å². The van der Waals surface area contributed by atoms with E-state index in [1.165, 1.54) is 11.1 Å². The zero-order chi connectivity index (χ0) is 17.9. The number of carbonyl (C=O) groups excluding carboxylic acids is 1. The van der Waals surface area contributed by atoms with Crippen LogP contribution in [0.1, 0.15) is 18.1 Å². The van der Waals surface area contributed by atoms with Crippen molar-refractivity contribution in [2.75, 3.05) is 19.7 Å². The topological polar surface area (TPSA) is 50.8 Å². The Bertz CT molecular complexity index is 792. The van der Waals surface area contributed by atoms with Crippen LogP contribution in [0.5, 0.6) is 11.5 Å². The van der Waals surface area contributed by atoms with Crippen LogP contribution >= 0.6 is 0 Å². The van der Waals surface area contributed by atoms with Crippen LogP contribution in [-0.2, 0) is 17.8 Å². The largest absolute Gasteiger partial charge is 0.485 e. The van der Waals surface area contributed by atoms with Gasteiger partial charge in [-0.15, -0.1) is 0 Å². The first kappa shape index (κ1) is 16.9. The number of fused-ring (bicyclic) bond motifs is 2. The van der Waals surface area contributed by atoms with Crippen LogP contribution in [0.4, 0.5) is 0 Å². The van der Waals surface area contributed by atoms with E-state index >= 15 is 0 Å². The average molecular weight is 352 g/mol. The lowest BCUT2D eigenvalue weighted by atomic mass is 9.99. The second-order valence-corrected chi connectivity index (χ2v) is 6.95. The molecule has 5 heteroatoms. The Morgan fingerprint density at radius 1 is 1.15 bits per heavy atom. The van der Waals surface area contributed by atoms with Crippen LogP contribution in [-0.4, -0.2) is 42.6 Å². The van der Waals surface area contributed by atoms with Gasteiger partial charge in [-0.1, -0.05) is 36.4 Å². The molecule has 2 aliphatic heterocycles. The van der Waals surface area contributed by atoms with E-state index in [2.05, 4.69) is 41.4 Å². The van der Waals surface area contributed by atoms with Crippen molar-refractivity contribution in [1.29, 1.82) is 0 Å². The minimum Gasteiger partial charge on any atom is -0.485 e. The molecule has 0 aromatic heterocycles. The Balaban J connectivity index is 1.30. The molecule has 2 aliphatic rings. The van der Waals surface area contributed by atoms with Gasteiger partial charge in [0.15, 0.2) is 11.5 Å². The first-order chi connectivity index (χ1) is 12.7. The Kier molecular flexibility index (Phi) is 4.80. The monoisotopic (exact) mass is 352 g/mol. The van der Waals surface area contributed by atoms with Gasteiger partial charge in [0.1, 0.15) is 6.61 Å². The zero-order valence-corrected chi connectivity index (χ0v) is 15.0. The summed E-state index contributed by atoms with van der Waals surface area (Å²) < 4.78 is 11.4. The molecule has 0 saturated heterocycles. The fourth-order valence-corrected chi connectivity index (χ4v) is 3.53. The Morgan fingerprint density at radius 2 is 1.88 bits per heavy atom. The van der Waals surface area contributed by atoms with Crippen molar-refractivity contribution >= 4 is 5.91 Å². The molecule has 2 atom stereocenters. The first-order valence-corrected chi connectivity index (χ1v) is 9.18. The molecule has 0 bridgehead atoms. The van der Waals surface area contributed by atoms with Gasteiger partial charge in [0, 0.05) is 25.7 Å². The fourth-order valence-electron chi connectivity index (χ4n) is 3.53. The summed E-state index contributed by atoms with van der Waals surface area (Å²) in [6.07, 6.45) is 0.462. The molecular weight excluding hydrogens is 328 g/mol. The van der Waals surface area contributed by atoms with Gasteiger partial charge in [-0.05, 0) is 36.6 Å². The highest BCUT2D eigenvalue weighted by Crippen LogP contribution is 2.30. The molecule has 5 nitrogen and oxygen atoms in total. The summed E-state index contributed by atoms with van der Waals surface area (Å²) in [5.41, 5.74) is 2.82. The lowest BCUT2D eigenvalue weighted by Crippen LogP contribution is -2.49. The molecule has 1 amide bonds. The summed E-state index contributed by atoms with van der Waals surface area (Å²) in [4.78, 5) is 14.9. The van der Waals surface area contributed by atoms with E-state index in [9.17, 15) is 4.79 Å². The third-order valence-corrected chi connectivity index (χ3v) is 5.16. The number of ether oxygens (including phenoxy) is 2. The van der Waals surface area contributed by atoms with Crippen molar-refractivity contribution in [3.8, 4) is 11.5 Å². The van der Waals surface area contributed by atoms with Crippen molar-refractivity contribution in [2.24, 2.45) is 0 Å². The predicted octanol–water partition coefficient (Wildman–Crippen LogP) is 2.39. The normalized spacial score (nSPS) is 20.1. The molecule has 0 spiro atoms. The number of carbonyl (C=O) groups is 1. The number of rotatable bonds is 4. The third-order valence-electron chi connectivity index (χ3n) is 5.16. The van der Waals surface area contributed by atoms with E-state index in [1.807, 2.05) is 24.3 Å². The van der Waals surface area contributed by atoms with E-state index in [0.29, 0.717) is 18.0 Å². The van der Waals surface area contributed by atoms with Crippen LogP contribution in [0.2, 0.25) is 0 Å². The van der Waals surface area contributed by atoms with Gasteiger partial charge in [0.2, 0.25) is 6.10 Å². The van der Waals surface area contributed by atoms with Crippen LogP contribution in [0, 0.1) is 0 Å². The van der Waals surface area contributed by atoms with E-state index in [1.54, 1.807) is 0 Å². The molecule has 0 fully saturated rings. The van der Waals surface area contributed by atoms with Crippen LogP contribution in [0.15, 0.2) is 48.5 Å². The van der Waals surface area contributed by atoms with Crippen LogP contribution < -0.4 is 14.8 Å². The van der Waals surface area contributed by atoms with Crippen molar-refractivity contribution < 1.29 is 14.3 Å². The van der Waals surface area contributed by atoms with Crippen LogP contribution in [0.3, 0.4) is 0 Å². The van der Waals surface area contributed by atoms with Gasteiger partial charge >= 0.3 is 0 Å². The number of nitrogens with zero attached hydrogens (tertiary/aromatic N) is 1. The molecule has 26 heavy (non-hydrogen) atoms. The smallest absolute Gasteiger partial charge is 0.264 e. The first-order valence-electron chi connectivity index (χ1n) is 9.18. The SMILES string of the molecule is CC(CNC(=O)C1COc2ccccc2O1)N1CCc2ccccc2C1. The molecule has 2 aromatic carbocycles. The van der Waals surface area contributed by atoms with Gasteiger partial charge in [-0.3, -0.25) is 9.69 Å². The summed E-state index contributed by atoms with van der Waals surface area (Å²) in [6, 6.07) is 16.3. The van der Waals surface area contributed by atoms with Gasteiger partial charge < -0.3 is 14.8 Å². The maximum absolute atomic E-state index is 12.5. The minimum absolute atomic E-state index is 0.122. The molecule has 136 valence electrons. The molecule has 2 aromatic rings. The average Bonchev–Trinajstić information content (AvgIpc) is 2.71. The lowest BCUT2D eigenvalue weighted by molar-refractivity contribution is -0.130. The van der Waals surface area contributed by atoms with Crippen molar-refractivity contribution in [3.63, 3.8) is 0 Å². The van der Waals surface area contributed by atoms with Gasteiger partial charge in [-0.25, -0.2) is 0 Å². The van der Waals surface area contributed by atoms with E-state index in [4.69, 9.17) is 9.47 Å². The number of para-hydroxylation sites is 2. The van der Waals surface area contributed by atoms with Crippen molar-refractivity contribution in [2.45, 2.75) is 32.0 Å². The number of hydrogen-bond acceptors (Lipinski definition) is 4. The molecule has 2 unspecified atom stereocenters. The van der Waals surface area contributed by atoms with E-state index < -0.39 is 6.10 Å². The van der Waals surface area contributed by atoms with Gasteiger partial charge in [-0.2, -0.15) is 0 Å². The van der Waals surface area contributed by atoms with E-state index in [0.717, 1.165) is 19.5 Å². The predicted molar refractivity (Wildman–Crippen MR) is 99.4 cm³/mol. The van der Waals surface area contributed by atoms with Crippen molar-refractivity contribution in [1.82, 2.24) is 10.2 Å². The summed E-state index contributed by atoms with van der Waals surface area (Å²) in [6.45, 7) is 4.95. The second-order valence-electron chi connectivity index (χ2n) is 6.95. The number of hydrogen-bond donors (Lipinski definition) is 1. The molecule has 0 radical (unpaired) electrons. The summed E-state index contributed by atoms with van der Waals surface area (Å²) in [5.74, 6) is 1.19. The quantitative estimate of drug-likeness (QED) is 0.918. The van der Waals surface area contributed by atoms with Crippen LogP contribution in [0.25, 0.3) is 0 Å². The molecule has 0 aliphatic carbocycles. The molecule has 0 saturated carbocycles. The highest BCUT2D eigenvalue weighted by molar-refractivity contribution is 5.81. The standard InChI is InChI=1S/C21H24N2O3/c1-15(23-11-10-16-6-2-3-7-17(16)13-23)12-22-21(24)20-14-25-18-8-4-5-9-19(18)26-20/h2-9,15,20H,10-14H2,1H3,(H,22,24). The van der Waals surface area contributed by atoms with Gasteiger partial charge in [0.25, 0.3) is 5.91 Å².